The van der Waals surface area contributed by atoms with Gasteiger partial charge in [-0.3, -0.25) is 4.99 Å². The Labute approximate surface area is 195 Å². The van der Waals surface area contributed by atoms with E-state index in [9.17, 15) is 8.42 Å². The Morgan fingerprint density at radius 1 is 1.13 bits per heavy atom. The van der Waals surface area contributed by atoms with Crippen molar-refractivity contribution in [2.75, 3.05) is 19.8 Å². The van der Waals surface area contributed by atoms with Crippen LogP contribution in [0.5, 0.6) is 0 Å². The van der Waals surface area contributed by atoms with Crippen LogP contribution in [-0.2, 0) is 22.8 Å². The summed E-state index contributed by atoms with van der Waals surface area (Å²) in [6, 6.07) is 13.7. The number of nitrogens with one attached hydrogen (secondary N) is 3. The van der Waals surface area contributed by atoms with E-state index in [2.05, 4.69) is 45.0 Å². The molecule has 6 nitrogen and oxygen atoms in total. The molecule has 3 rings (SSSR count). The van der Waals surface area contributed by atoms with Gasteiger partial charge in [-0.1, -0.05) is 30.3 Å². The molecule has 162 valence electrons. The first-order valence-corrected chi connectivity index (χ1v) is 11.6. The summed E-state index contributed by atoms with van der Waals surface area (Å²) in [6.45, 7) is 3.20. The van der Waals surface area contributed by atoms with Gasteiger partial charge in [0.1, 0.15) is 0 Å². The lowest BCUT2D eigenvalue weighted by Crippen LogP contribution is -2.37. The number of guanidine groups is 1. The van der Waals surface area contributed by atoms with Crippen LogP contribution in [0.3, 0.4) is 0 Å². The smallest absolute Gasteiger partial charge is 0.191 e. The number of sulfone groups is 1. The molecule has 0 amide bonds. The Balaban J connectivity index is 0.00000320. The largest absolute Gasteiger partial charge is 0.361 e. The van der Waals surface area contributed by atoms with Gasteiger partial charge in [0.15, 0.2) is 15.8 Å². The van der Waals surface area contributed by atoms with Crippen molar-refractivity contribution < 1.29 is 8.42 Å². The van der Waals surface area contributed by atoms with Gasteiger partial charge >= 0.3 is 0 Å². The van der Waals surface area contributed by atoms with E-state index >= 15 is 0 Å². The summed E-state index contributed by atoms with van der Waals surface area (Å²) in [5, 5.41) is 7.89. The van der Waals surface area contributed by atoms with Crippen LogP contribution in [0.1, 0.15) is 23.1 Å². The van der Waals surface area contributed by atoms with E-state index in [-0.39, 0.29) is 24.0 Å². The zero-order valence-electron chi connectivity index (χ0n) is 17.5. The summed E-state index contributed by atoms with van der Waals surface area (Å²) in [6.07, 6.45) is 5.29. The van der Waals surface area contributed by atoms with E-state index in [1.54, 1.807) is 13.1 Å². The fourth-order valence-electron chi connectivity index (χ4n) is 3.47. The maximum absolute atomic E-state index is 11.7. The first-order chi connectivity index (χ1) is 13.9. The van der Waals surface area contributed by atoms with E-state index in [1.165, 1.54) is 22.7 Å². The molecule has 0 atom stereocenters. The fourth-order valence-corrected chi connectivity index (χ4v) is 4.43. The highest BCUT2D eigenvalue weighted by Crippen LogP contribution is 2.19. The second-order valence-electron chi connectivity index (χ2n) is 7.19. The zero-order chi connectivity index (χ0) is 20.9. The molecule has 1 aromatic heterocycles. The van der Waals surface area contributed by atoms with E-state index in [0.29, 0.717) is 11.4 Å². The minimum Gasteiger partial charge on any atom is -0.361 e. The molecule has 30 heavy (non-hydrogen) atoms. The Morgan fingerprint density at radius 2 is 1.90 bits per heavy atom. The normalized spacial score (nSPS) is 11.9. The Hall–Kier alpha value is -2.07. The van der Waals surface area contributed by atoms with Gasteiger partial charge in [0, 0.05) is 43.5 Å². The predicted octanol–water partition coefficient (Wildman–Crippen LogP) is 3.80. The number of aromatic amines is 1. The highest BCUT2D eigenvalue weighted by molar-refractivity contribution is 14.0. The van der Waals surface area contributed by atoms with Crippen LogP contribution in [0.4, 0.5) is 0 Å². The van der Waals surface area contributed by atoms with Gasteiger partial charge in [-0.2, -0.15) is 0 Å². The summed E-state index contributed by atoms with van der Waals surface area (Å²) < 4.78 is 23.5. The first-order valence-electron chi connectivity index (χ1n) is 9.67. The molecule has 0 spiro atoms. The molecule has 0 aliphatic heterocycles. The molecule has 0 radical (unpaired) electrons. The van der Waals surface area contributed by atoms with Crippen molar-refractivity contribution in [1.29, 1.82) is 0 Å². The van der Waals surface area contributed by atoms with Crippen molar-refractivity contribution in [3.8, 4) is 0 Å². The van der Waals surface area contributed by atoms with Crippen LogP contribution in [-0.4, -0.2) is 39.2 Å². The average Bonchev–Trinajstić information content (AvgIpc) is 3.09. The molecule has 0 unspecified atom stereocenters. The standard InChI is InChI=1S/C22H28N4O2S.HI/c1-16-13-17(10-11-21(16)29(3,27)28)14-26-22(23-2)24-12-6-7-18-15-25-20-9-5-4-8-19(18)20;/h4-5,8-11,13,15,25H,6-7,12,14H2,1-3H3,(H2,23,24,26);1H. The number of aromatic nitrogens is 1. The number of para-hydroxylation sites is 1. The van der Waals surface area contributed by atoms with Gasteiger partial charge in [-0.25, -0.2) is 8.42 Å². The number of nitrogens with zero attached hydrogens (tertiary/aromatic N) is 1. The molecular formula is C22H29IN4O2S. The Kier molecular flexibility index (Phi) is 8.72. The van der Waals surface area contributed by atoms with Crippen LogP contribution in [0.2, 0.25) is 0 Å². The van der Waals surface area contributed by atoms with Crippen molar-refractivity contribution in [2.45, 2.75) is 31.2 Å². The minimum atomic E-state index is -3.19. The van der Waals surface area contributed by atoms with Crippen molar-refractivity contribution in [3.63, 3.8) is 0 Å². The van der Waals surface area contributed by atoms with E-state index in [1.807, 2.05) is 25.1 Å². The topological polar surface area (TPSA) is 86.3 Å². The minimum absolute atomic E-state index is 0. The van der Waals surface area contributed by atoms with Crippen molar-refractivity contribution in [1.82, 2.24) is 15.6 Å². The fraction of sp³-hybridized carbons (Fsp3) is 0.318. The lowest BCUT2D eigenvalue weighted by atomic mass is 10.1. The summed E-state index contributed by atoms with van der Waals surface area (Å²) >= 11 is 0. The van der Waals surface area contributed by atoms with Gasteiger partial charge < -0.3 is 15.6 Å². The molecule has 2 aromatic carbocycles. The maximum atomic E-state index is 11.7. The molecule has 0 bridgehead atoms. The number of rotatable bonds is 7. The molecule has 3 aromatic rings. The molecule has 0 saturated carbocycles. The zero-order valence-corrected chi connectivity index (χ0v) is 20.7. The maximum Gasteiger partial charge on any atom is 0.191 e. The molecule has 0 aliphatic carbocycles. The van der Waals surface area contributed by atoms with E-state index in [0.717, 1.165) is 36.5 Å². The third-order valence-electron chi connectivity index (χ3n) is 4.91. The molecular weight excluding hydrogens is 511 g/mol. The lowest BCUT2D eigenvalue weighted by Gasteiger charge is -2.13. The first kappa shape index (κ1) is 24.2. The number of H-pyrrole nitrogens is 1. The van der Waals surface area contributed by atoms with Crippen LogP contribution >= 0.6 is 24.0 Å². The second kappa shape index (κ2) is 10.8. The van der Waals surface area contributed by atoms with Crippen molar-refractivity contribution >= 4 is 50.7 Å². The van der Waals surface area contributed by atoms with Gasteiger partial charge in [0.05, 0.1) is 4.90 Å². The highest BCUT2D eigenvalue weighted by atomic mass is 127. The van der Waals surface area contributed by atoms with E-state index < -0.39 is 9.84 Å². The highest BCUT2D eigenvalue weighted by Gasteiger charge is 2.11. The summed E-state index contributed by atoms with van der Waals surface area (Å²) in [7, 11) is -1.45. The van der Waals surface area contributed by atoms with Crippen LogP contribution in [0.15, 0.2) is 58.5 Å². The van der Waals surface area contributed by atoms with Gasteiger partial charge in [-0.15, -0.1) is 24.0 Å². The number of fused-ring (bicyclic) bond motifs is 1. The van der Waals surface area contributed by atoms with Crippen LogP contribution < -0.4 is 10.6 Å². The number of halogens is 1. The summed E-state index contributed by atoms with van der Waals surface area (Å²) in [5.74, 6) is 0.730. The quantitative estimate of drug-likeness (QED) is 0.184. The molecule has 3 N–H and O–H groups in total. The number of hydrogen-bond acceptors (Lipinski definition) is 3. The van der Waals surface area contributed by atoms with Gasteiger partial charge in [0.25, 0.3) is 0 Å². The third-order valence-corrected chi connectivity index (χ3v) is 6.17. The summed E-state index contributed by atoms with van der Waals surface area (Å²) in [5.41, 5.74) is 4.27. The number of aliphatic imine (C=N–C) groups is 1. The monoisotopic (exact) mass is 540 g/mol. The number of benzene rings is 2. The summed E-state index contributed by atoms with van der Waals surface area (Å²) in [4.78, 5) is 7.95. The Morgan fingerprint density at radius 3 is 2.60 bits per heavy atom. The van der Waals surface area contributed by atoms with Crippen LogP contribution in [0, 0.1) is 6.92 Å². The van der Waals surface area contributed by atoms with Crippen molar-refractivity contribution in [2.24, 2.45) is 4.99 Å². The molecule has 0 aliphatic rings. The molecule has 1 heterocycles. The lowest BCUT2D eigenvalue weighted by molar-refractivity contribution is 0.601. The third kappa shape index (κ3) is 6.21. The van der Waals surface area contributed by atoms with Crippen molar-refractivity contribution in [3.05, 3.63) is 65.4 Å². The average molecular weight is 540 g/mol. The second-order valence-corrected chi connectivity index (χ2v) is 9.17. The molecule has 8 heteroatoms. The van der Waals surface area contributed by atoms with Gasteiger partial charge in [-0.05, 0) is 48.6 Å². The molecule has 0 fully saturated rings. The van der Waals surface area contributed by atoms with E-state index in [4.69, 9.17) is 0 Å². The van der Waals surface area contributed by atoms with Gasteiger partial charge in [0.2, 0.25) is 0 Å². The van der Waals surface area contributed by atoms with Crippen LogP contribution in [0.25, 0.3) is 10.9 Å². The SMILES string of the molecule is CN=C(NCCCc1c[nH]c2ccccc12)NCc1ccc(S(C)(=O)=O)c(C)c1.I. The Bertz CT molecular complexity index is 1120. The number of aryl methyl sites for hydroxylation is 2. The predicted molar refractivity (Wildman–Crippen MR) is 135 cm³/mol. The number of hydrogen-bond donors (Lipinski definition) is 3. The molecule has 0 saturated heterocycles.